The molecule has 1 heterocycles. The molecule has 0 radical (unpaired) electrons. The van der Waals surface area contributed by atoms with Gasteiger partial charge in [0.1, 0.15) is 18.6 Å². The molecular formula is C10H7F4NO3. The van der Waals surface area contributed by atoms with E-state index in [0.717, 1.165) is 12.1 Å². The van der Waals surface area contributed by atoms with Gasteiger partial charge in [-0.15, -0.1) is 0 Å². The van der Waals surface area contributed by atoms with Crippen LogP contribution in [0, 0.1) is 5.82 Å². The molecule has 0 bridgehead atoms. The smallest absolute Gasteiger partial charge is 0.423 e. The largest absolute Gasteiger partial charge is 0.482 e. The van der Waals surface area contributed by atoms with E-state index in [-0.39, 0.29) is 5.69 Å². The summed E-state index contributed by atoms with van der Waals surface area (Å²) >= 11 is 0. The van der Waals surface area contributed by atoms with Crippen molar-refractivity contribution in [2.45, 2.75) is 12.2 Å². The van der Waals surface area contributed by atoms with Crippen LogP contribution in [0.5, 0.6) is 5.75 Å². The van der Waals surface area contributed by atoms with E-state index < -0.39 is 41.9 Å². The normalized spacial score (nSPS) is 18.6. The highest BCUT2D eigenvalue weighted by Gasteiger charge is 2.47. The number of nitrogens with one attached hydrogen (secondary N) is 1. The van der Waals surface area contributed by atoms with Gasteiger partial charge in [-0.1, -0.05) is 0 Å². The zero-order valence-corrected chi connectivity index (χ0v) is 8.71. The third-order valence-electron chi connectivity index (χ3n) is 2.37. The van der Waals surface area contributed by atoms with Crippen molar-refractivity contribution in [1.29, 1.82) is 0 Å². The first-order valence-corrected chi connectivity index (χ1v) is 4.81. The summed E-state index contributed by atoms with van der Waals surface area (Å²) in [6, 6.07) is 1.78. The molecule has 2 rings (SSSR count). The quantitative estimate of drug-likeness (QED) is 0.801. The number of carbonyl (C=O) groups is 1. The van der Waals surface area contributed by atoms with Crippen LogP contribution in [0.1, 0.15) is 11.7 Å². The van der Waals surface area contributed by atoms with Crippen LogP contribution in [-0.4, -0.2) is 23.8 Å². The Morgan fingerprint density at radius 1 is 1.44 bits per heavy atom. The molecule has 1 aromatic rings. The molecule has 98 valence electrons. The highest BCUT2D eigenvalue weighted by atomic mass is 19.3. The molecule has 0 aliphatic carbocycles. The van der Waals surface area contributed by atoms with Crippen LogP contribution in [0.2, 0.25) is 0 Å². The molecule has 2 N–H and O–H groups in total. The van der Waals surface area contributed by atoms with Crippen molar-refractivity contribution in [2.75, 3.05) is 12.0 Å². The zero-order valence-electron chi connectivity index (χ0n) is 8.71. The van der Waals surface area contributed by atoms with Crippen molar-refractivity contribution in [3.8, 4) is 5.75 Å². The Morgan fingerprint density at radius 2 is 2.11 bits per heavy atom. The third kappa shape index (κ3) is 1.88. The Bertz CT molecular complexity index is 506. The lowest BCUT2D eigenvalue weighted by molar-refractivity contribution is -0.189. The highest BCUT2D eigenvalue weighted by Crippen LogP contribution is 2.41. The van der Waals surface area contributed by atoms with Crippen molar-refractivity contribution in [3.05, 3.63) is 23.5 Å². The fourth-order valence-corrected chi connectivity index (χ4v) is 1.54. The Morgan fingerprint density at radius 3 is 2.72 bits per heavy atom. The Balaban J connectivity index is 2.57. The number of aliphatic hydroxyl groups excluding tert-OH is 1. The van der Waals surface area contributed by atoms with Crippen molar-refractivity contribution < 1.29 is 32.2 Å². The molecule has 18 heavy (non-hydrogen) atoms. The van der Waals surface area contributed by atoms with Gasteiger partial charge in [-0.25, -0.2) is 8.78 Å². The maximum atomic E-state index is 13.4. The van der Waals surface area contributed by atoms with Gasteiger partial charge in [-0.2, -0.15) is 8.78 Å². The summed E-state index contributed by atoms with van der Waals surface area (Å²) in [6.45, 7) is -1.38. The van der Waals surface area contributed by atoms with Crippen LogP contribution in [0.3, 0.4) is 0 Å². The number of halogens is 4. The number of alkyl halides is 3. The van der Waals surface area contributed by atoms with Crippen LogP contribution in [-0.2, 0) is 4.79 Å². The summed E-state index contributed by atoms with van der Waals surface area (Å²) in [5.41, 5.74) is -1.01. The number of amides is 1. The molecule has 0 saturated heterocycles. The van der Waals surface area contributed by atoms with E-state index in [9.17, 15) is 27.5 Å². The Kier molecular flexibility index (Phi) is 2.89. The van der Waals surface area contributed by atoms with Crippen molar-refractivity contribution >= 4 is 11.6 Å². The average molecular weight is 265 g/mol. The molecule has 8 heteroatoms. The fourth-order valence-electron chi connectivity index (χ4n) is 1.54. The summed E-state index contributed by atoms with van der Waals surface area (Å²) in [6.07, 6.45) is -6.16. The standard InChI is InChI=1S/C10H7F4NO3/c11-3-6(16)7-4(12)1-2-5-8(7)18-10(13,14)9(17)15-5/h1-2,6,16H,3H2,(H,15,17). The number of carbonyl (C=O) groups excluding carboxylic acids is 1. The number of ether oxygens (including phenoxy) is 1. The first-order chi connectivity index (χ1) is 8.36. The number of anilines is 1. The van der Waals surface area contributed by atoms with Crippen LogP contribution >= 0.6 is 0 Å². The van der Waals surface area contributed by atoms with Gasteiger partial charge in [0, 0.05) is 0 Å². The summed E-state index contributed by atoms with van der Waals surface area (Å²) in [5, 5.41) is 11.0. The third-order valence-corrected chi connectivity index (χ3v) is 2.37. The predicted octanol–water partition coefficient (Wildman–Crippen LogP) is 1.75. The van der Waals surface area contributed by atoms with Gasteiger partial charge in [0.15, 0.2) is 5.75 Å². The molecule has 1 atom stereocenters. The fraction of sp³-hybridized carbons (Fsp3) is 0.300. The molecule has 0 spiro atoms. The van der Waals surface area contributed by atoms with Crippen LogP contribution in [0.4, 0.5) is 23.2 Å². The molecule has 1 amide bonds. The molecule has 0 fully saturated rings. The minimum absolute atomic E-state index is 0.255. The van der Waals surface area contributed by atoms with E-state index in [2.05, 4.69) is 4.74 Å². The SMILES string of the molecule is O=C1Nc2ccc(F)c(C(O)CF)c2OC1(F)F. The van der Waals surface area contributed by atoms with Crippen molar-refractivity contribution in [3.63, 3.8) is 0 Å². The minimum atomic E-state index is -4.20. The molecule has 1 aliphatic heterocycles. The average Bonchev–Trinajstić information content (AvgIpc) is 2.30. The van der Waals surface area contributed by atoms with E-state index in [1.165, 1.54) is 0 Å². The predicted molar refractivity (Wildman–Crippen MR) is 51.5 cm³/mol. The highest BCUT2D eigenvalue weighted by molar-refractivity contribution is 5.98. The molecular weight excluding hydrogens is 258 g/mol. The molecule has 1 aliphatic rings. The first kappa shape index (κ1) is 12.6. The van der Waals surface area contributed by atoms with Gasteiger partial charge >= 0.3 is 12.0 Å². The van der Waals surface area contributed by atoms with Crippen LogP contribution in [0.25, 0.3) is 0 Å². The molecule has 1 unspecified atom stereocenters. The van der Waals surface area contributed by atoms with Crippen LogP contribution < -0.4 is 10.1 Å². The number of rotatable bonds is 2. The first-order valence-electron chi connectivity index (χ1n) is 4.81. The number of aliphatic hydroxyl groups is 1. The van der Waals surface area contributed by atoms with E-state index in [1.807, 2.05) is 0 Å². The van der Waals surface area contributed by atoms with E-state index in [4.69, 9.17) is 0 Å². The van der Waals surface area contributed by atoms with Gasteiger partial charge in [-0.3, -0.25) is 4.79 Å². The minimum Gasteiger partial charge on any atom is -0.423 e. The van der Waals surface area contributed by atoms with Crippen molar-refractivity contribution in [2.24, 2.45) is 0 Å². The molecule has 0 aromatic heterocycles. The van der Waals surface area contributed by atoms with E-state index in [0.29, 0.717) is 0 Å². The number of hydrogen-bond acceptors (Lipinski definition) is 3. The second-order valence-electron chi connectivity index (χ2n) is 3.58. The van der Waals surface area contributed by atoms with Gasteiger partial charge in [0.05, 0.1) is 11.3 Å². The number of fused-ring (bicyclic) bond motifs is 1. The lowest BCUT2D eigenvalue weighted by Crippen LogP contribution is -2.43. The monoisotopic (exact) mass is 265 g/mol. The van der Waals surface area contributed by atoms with Crippen LogP contribution in [0.15, 0.2) is 12.1 Å². The second kappa shape index (κ2) is 4.13. The summed E-state index contributed by atoms with van der Waals surface area (Å²) in [4.78, 5) is 10.9. The van der Waals surface area contributed by atoms with Gasteiger partial charge in [-0.05, 0) is 12.1 Å². The zero-order chi connectivity index (χ0) is 13.5. The molecule has 0 saturated carbocycles. The maximum Gasteiger partial charge on any atom is 0.482 e. The maximum absolute atomic E-state index is 13.4. The lowest BCUT2D eigenvalue weighted by atomic mass is 10.1. The number of hydrogen-bond donors (Lipinski definition) is 2. The number of benzene rings is 1. The Hall–Kier alpha value is -1.83. The Labute approximate surface area is 98.2 Å². The summed E-state index contributed by atoms with van der Waals surface area (Å²) < 4.78 is 55.8. The van der Waals surface area contributed by atoms with Gasteiger partial charge in [0.25, 0.3) is 0 Å². The summed E-state index contributed by atoms with van der Waals surface area (Å²) in [5.74, 6) is -3.60. The van der Waals surface area contributed by atoms with E-state index in [1.54, 1.807) is 5.32 Å². The van der Waals surface area contributed by atoms with Gasteiger partial charge < -0.3 is 15.2 Å². The summed E-state index contributed by atoms with van der Waals surface area (Å²) in [7, 11) is 0. The molecule has 1 aromatic carbocycles. The lowest BCUT2D eigenvalue weighted by Gasteiger charge is -2.27. The van der Waals surface area contributed by atoms with Crippen molar-refractivity contribution in [1.82, 2.24) is 0 Å². The second-order valence-corrected chi connectivity index (χ2v) is 3.58. The van der Waals surface area contributed by atoms with E-state index >= 15 is 0 Å². The molecule has 4 nitrogen and oxygen atoms in total. The topological polar surface area (TPSA) is 58.6 Å². The van der Waals surface area contributed by atoms with Gasteiger partial charge in [0.2, 0.25) is 0 Å².